The molecule has 94 valence electrons. The second kappa shape index (κ2) is 9.43. The van der Waals surface area contributed by atoms with Gasteiger partial charge in [0, 0.05) is 0 Å². The van der Waals surface area contributed by atoms with Crippen molar-refractivity contribution in [2.24, 2.45) is 5.73 Å². The van der Waals surface area contributed by atoms with Crippen molar-refractivity contribution in [1.82, 2.24) is 0 Å². The van der Waals surface area contributed by atoms with Crippen LogP contribution in [0.4, 0.5) is 0 Å². The highest BCUT2D eigenvalue weighted by Crippen LogP contribution is 2.07. The zero-order valence-electron chi connectivity index (χ0n) is 9.74. The Hall–Kier alpha value is 0.200. The monoisotopic (exact) mass is 257 g/mol. The van der Waals surface area contributed by atoms with Crippen molar-refractivity contribution in [2.45, 2.75) is 51.2 Å². The van der Waals surface area contributed by atoms with Gasteiger partial charge >= 0.3 is 0 Å². The second-order valence-corrected chi connectivity index (χ2v) is 6.65. The maximum atomic E-state index is 11.4. The predicted octanol–water partition coefficient (Wildman–Crippen LogP) is 2.14. The molecule has 0 aromatic heterocycles. The number of nitrogens with two attached hydrogens (primary N) is 1. The molecule has 5 heteroatoms. The Kier molecular flexibility index (Phi) is 11.1. The van der Waals surface area contributed by atoms with Crippen LogP contribution in [0.5, 0.6) is 0 Å². The SMILES string of the molecule is CC(C)S(=O)(=O)CCCCCCCN.Cl. The molecule has 0 heterocycles. The molecule has 0 unspecified atom stereocenters. The third-order valence-corrected chi connectivity index (χ3v) is 4.65. The van der Waals surface area contributed by atoms with Crippen LogP contribution in [-0.4, -0.2) is 26.0 Å². The van der Waals surface area contributed by atoms with Gasteiger partial charge in [0.25, 0.3) is 0 Å². The van der Waals surface area contributed by atoms with Crippen molar-refractivity contribution in [3.8, 4) is 0 Å². The van der Waals surface area contributed by atoms with E-state index in [1.807, 2.05) is 0 Å². The number of hydrogen-bond donors (Lipinski definition) is 1. The highest BCUT2D eigenvalue weighted by atomic mass is 35.5. The topological polar surface area (TPSA) is 60.2 Å². The summed E-state index contributed by atoms with van der Waals surface area (Å²) in [5.41, 5.74) is 5.36. The van der Waals surface area contributed by atoms with Gasteiger partial charge in [0.05, 0.1) is 11.0 Å². The van der Waals surface area contributed by atoms with Crippen molar-refractivity contribution in [2.75, 3.05) is 12.3 Å². The van der Waals surface area contributed by atoms with Crippen LogP contribution in [-0.2, 0) is 9.84 Å². The number of halogens is 1. The third-order valence-electron chi connectivity index (χ3n) is 2.35. The van der Waals surface area contributed by atoms with E-state index in [9.17, 15) is 8.42 Å². The number of rotatable bonds is 8. The summed E-state index contributed by atoms with van der Waals surface area (Å²) in [4.78, 5) is 0. The molecule has 0 saturated heterocycles. The predicted molar refractivity (Wildman–Crippen MR) is 68.3 cm³/mol. The minimum absolute atomic E-state index is 0. The van der Waals surface area contributed by atoms with Gasteiger partial charge in [0.1, 0.15) is 0 Å². The van der Waals surface area contributed by atoms with E-state index in [1.54, 1.807) is 13.8 Å². The first-order valence-electron chi connectivity index (χ1n) is 5.42. The van der Waals surface area contributed by atoms with Crippen LogP contribution in [0.2, 0.25) is 0 Å². The van der Waals surface area contributed by atoms with Crippen LogP contribution in [0.15, 0.2) is 0 Å². The number of unbranched alkanes of at least 4 members (excludes halogenated alkanes) is 4. The van der Waals surface area contributed by atoms with Crippen LogP contribution >= 0.6 is 12.4 Å². The summed E-state index contributed by atoms with van der Waals surface area (Å²) in [6.45, 7) is 4.22. The maximum absolute atomic E-state index is 11.4. The van der Waals surface area contributed by atoms with Gasteiger partial charge in [0.15, 0.2) is 9.84 Å². The summed E-state index contributed by atoms with van der Waals surface area (Å²) in [7, 11) is -2.82. The third kappa shape index (κ3) is 9.15. The molecular weight excluding hydrogens is 234 g/mol. The largest absolute Gasteiger partial charge is 0.330 e. The lowest BCUT2D eigenvalue weighted by Crippen LogP contribution is -2.17. The standard InChI is InChI=1S/C10H23NO2S.ClH/c1-10(2)14(12,13)9-7-5-3-4-6-8-11;/h10H,3-9,11H2,1-2H3;1H. The van der Waals surface area contributed by atoms with E-state index >= 15 is 0 Å². The Morgan fingerprint density at radius 2 is 1.47 bits per heavy atom. The van der Waals surface area contributed by atoms with Gasteiger partial charge < -0.3 is 5.73 Å². The highest BCUT2D eigenvalue weighted by molar-refractivity contribution is 7.91. The number of hydrogen-bond acceptors (Lipinski definition) is 3. The number of sulfone groups is 1. The van der Waals surface area contributed by atoms with Crippen molar-refractivity contribution >= 4 is 22.2 Å². The molecule has 0 spiro atoms. The fourth-order valence-corrected chi connectivity index (χ4v) is 2.29. The Bertz CT molecular complexity index is 228. The minimum atomic E-state index is -2.82. The minimum Gasteiger partial charge on any atom is -0.330 e. The zero-order chi connectivity index (χ0) is 11.0. The van der Waals surface area contributed by atoms with Crippen molar-refractivity contribution in [3.05, 3.63) is 0 Å². The molecule has 0 aromatic rings. The van der Waals surface area contributed by atoms with E-state index < -0.39 is 9.84 Å². The average molecular weight is 258 g/mol. The first kappa shape index (κ1) is 17.6. The summed E-state index contributed by atoms with van der Waals surface area (Å²) in [5.74, 6) is 0.341. The van der Waals surface area contributed by atoms with Gasteiger partial charge in [-0.1, -0.05) is 19.3 Å². The maximum Gasteiger partial charge on any atom is 0.152 e. The highest BCUT2D eigenvalue weighted by Gasteiger charge is 2.14. The molecule has 0 aliphatic rings. The van der Waals surface area contributed by atoms with Gasteiger partial charge in [-0.25, -0.2) is 8.42 Å². The molecule has 0 atom stereocenters. The van der Waals surface area contributed by atoms with Crippen molar-refractivity contribution < 1.29 is 8.42 Å². The molecule has 0 rings (SSSR count). The fraction of sp³-hybridized carbons (Fsp3) is 1.00. The van der Waals surface area contributed by atoms with Gasteiger partial charge in [-0.2, -0.15) is 0 Å². The van der Waals surface area contributed by atoms with Gasteiger partial charge in [-0.05, 0) is 33.2 Å². The Morgan fingerprint density at radius 3 is 1.93 bits per heavy atom. The second-order valence-electron chi connectivity index (χ2n) is 3.97. The first-order valence-corrected chi connectivity index (χ1v) is 7.14. The molecule has 3 nitrogen and oxygen atoms in total. The summed E-state index contributed by atoms with van der Waals surface area (Å²) in [6.07, 6.45) is 5.08. The summed E-state index contributed by atoms with van der Waals surface area (Å²) in [5, 5.41) is -0.230. The molecule has 0 radical (unpaired) electrons. The molecule has 0 bridgehead atoms. The lowest BCUT2D eigenvalue weighted by molar-refractivity contribution is 0.577. The Balaban J connectivity index is 0. The van der Waals surface area contributed by atoms with E-state index in [0.717, 1.165) is 38.6 Å². The first-order chi connectivity index (χ1) is 6.50. The molecule has 0 saturated carbocycles. The summed E-state index contributed by atoms with van der Waals surface area (Å²) >= 11 is 0. The van der Waals surface area contributed by atoms with E-state index in [-0.39, 0.29) is 17.7 Å². The molecule has 0 aliphatic carbocycles. The Morgan fingerprint density at radius 1 is 1.00 bits per heavy atom. The van der Waals surface area contributed by atoms with Crippen molar-refractivity contribution in [3.63, 3.8) is 0 Å². The summed E-state index contributed by atoms with van der Waals surface area (Å²) in [6, 6.07) is 0. The van der Waals surface area contributed by atoms with Gasteiger partial charge in [-0.15, -0.1) is 12.4 Å². The molecule has 0 fully saturated rings. The quantitative estimate of drug-likeness (QED) is 0.678. The molecule has 0 aliphatic heterocycles. The van der Waals surface area contributed by atoms with E-state index in [0.29, 0.717) is 5.75 Å². The lowest BCUT2D eigenvalue weighted by Gasteiger charge is -2.06. The Labute approximate surface area is 100 Å². The van der Waals surface area contributed by atoms with Crippen LogP contribution in [0.1, 0.15) is 46.0 Å². The lowest BCUT2D eigenvalue weighted by atomic mass is 10.2. The molecule has 0 amide bonds. The normalized spacial score (nSPS) is 11.5. The van der Waals surface area contributed by atoms with Gasteiger partial charge in [0.2, 0.25) is 0 Å². The zero-order valence-corrected chi connectivity index (χ0v) is 11.4. The average Bonchev–Trinajstić information content (AvgIpc) is 2.10. The van der Waals surface area contributed by atoms with E-state index in [1.165, 1.54) is 0 Å². The molecule has 0 aromatic carbocycles. The van der Waals surface area contributed by atoms with Crippen molar-refractivity contribution in [1.29, 1.82) is 0 Å². The molecular formula is C10H24ClNO2S. The van der Waals surface area contributed by atoms with Crippen LogP contribution in [0.3, 0.4) is 0 Å². The molecule has 2 N–H and O–H groups in total. The van der Waals surface area contributed by atoms with Crippen LogP contribution in [0.25, 0.3) is 0 Å². The van der Waals surface area contributed by atoms with Gasteiger partial charge in [-0.3, -0.25) is 0 Å². The smallest absolute Gasteiger partial charge is 0.152 e. The summed E-state index contributed by atoms with van der Waals surface area (Å²) < 4.78 is 22.8. The van der Waals surface area contributed by atoms with E-state index in [2.05, 4.69) is 0 Å². The molecule has 15 heavy (non-hydrogen) atoms. The van der Waals surface area contributed by atoms with Crippen LogP contribution in [0, 0.1) is 0 Å². The van der Waals surface area contributed by atoms with E-state index in [4.69, 9.17) is 5.73 Å². The fourth-order valence-electron chi connectivity index (χ4n) is 1.21. The van der Waals surface area contributed by atoms with Crippen LogP contribution < -0.4 is 5.73 Å².